The van der Waals surface area contributed by atoms with Crippen LogP contribution in [0.2, 0.25) is 0 Å². The molecule has 1 aliphatic rings. The van der Waals surface area contributed by atoms with Crippen molar-refractivity contribution in [3.05, 3.63) is 82.8 Å². The molecule has 1 fully saturated rings. The lowest BCUT2D eigenvalue weighted by Gasteiger charge is -2.37. The van der Waals surface area contributed by atoms with Crippen molar-refractivity contribution in [2.24, 2.45) is 0 Å². The van der Waals surface area contributed by atoms with E-state index in [0.717, 1.165) is 59.7 Å². The van der Waals surface area contributed by atoms with Gasteiger partial charge in [-0.15, -0.1) is 0 Å². The van der Waals surface area contributed by atoms with Crippen LogP contribution in [0.1, 0.15) is 73.6 Å². The molecule has 208 valence electrons. The summed E-state index contributed by atoms with van der Waals surface area (Å²) in [4.78, 5) is 25.5. The molecule has 1 aromatic carbocycles. The largest absolute Gasteiger partial charge is 0.373 e. The Morgan fingerprint density at radius 2 is 1.72 bits per heavy atom. The maximum absolute atomic E-state index is 12.2. The highest BCUT2D eigenvalue weighted by molar-refractivity contribution is 5.93. The molecule has 0 saturated carbocycles. The number of anilines is 1. The predicted molar refractivity (Wildman–Crippen MR) is 164 cm³/mol. The third-order valence-electron chi connectivity index (χ3n) is 7.66. The fourth-order valence-electron chi connectivity index (χ4n) is 5.13. The zero-order valence-corrected chi connectivity index (χ0v) is 25.0. The molecule has 1 atom stereocenters. The summed E-state index contributed by atoms with van der Waals surface area (Å²) in [5.41, 5.74) is 7.86. The highest BCUT2D eigenvalue weighted by Gasteiger charge is 2.25. The van der Waals surface area contributed by atoms with Gasteiger partial charge in [0.05, 0.1) is 0 Å². The molecule has 2 aromatic heterocycles. The first kappa shape index (κ1) is 30.0. The van der Waals surface area contributed by atoms with Crippen LogP contribution in [0.4, 0.5) is 5.82 Å². The molecular weight excluding hydrogens is 482 g/mol. The lowest BCUT2D eigenvalue weighted by atomic mass is 9.88. The number of aromatic nitrogens is 2. The Hall–Kier alpha value is -3.51. The Kier molecular flexibility index (Phi) is 10.8. The molecule has 0 bridgehead atoms. The van der Waals surface area contributed by atoms with Crippen LogP contribution in [0.5, 0.6) is 0 Å². The normalized spacial score (nSPS) is 15.2. The lowest BCUT2D eigenvalue weighted by Crippen LogP contribution is -2.40. The number of carbonyl (C=O) groups excluding carboxylic acids is 1. The van der Waals surface area contributed by atoms with Crippen LogP contribution in [0.15, 0.2) is 60.4 Å². The Balaban J connectivity index is 0.00000205. The molecule has 0 radical (unpaired) electrons. The van der Waals surface area contributed by atoms with Crippen molar-refractivity contribution in [3.63, 3.8) is 0 Å². The Bertz CT molecular complexity index is 1240. The van der Waals surface area contributed by atoms with E-state index in [4.69, 9.17) is 0 Å². The molecule has 1 unspecified atom stereocenters. The van der Waals surface area contributed by atoms with Crippen LogP contribution in [0.3, 0.4) is 0 Å². The van der Waals surface area contributed by atoms with Crippen molar-refractivity contribution < 1.29 is 4.79 Å². The van der Waals surface area contributed by atoms with Gasteiger partial charge in [-0.05, 0) is 94.1 Å². The molecule has 1 N–H and O–H groups in total. The smallest absolute Gasteiger partial charge is 0.253 e. The molecule has 0 spiro atoms. The number of nitrogens with zero attached hydrogens (tertiary/aromatic N) is 4. The second-order valence-electron chi connectivity index (χ2n) is 10.2. The van der Waals surface area contributed by atoms with Crippen molar-refractivity contribution in [2.45, 2.75) is 59.4 Å². The third kappa shape index (κ3) is 7.33. The van der Waals surface area contributed by atoms with E-state index in [1.165, 1.54) is 11.1 Å². The van der Waals surface area contributed by atoms with E-state index >= 15 is 0 Å². The van der Waals surface area contributed by atoms with Gasteiger partial charge in [0, 0.05) is 62.0 Å². The minimum atomic E-state index is 0.0516. The number of hydrogen-bond donors (Lipinski definition) is 1. The molecule has 0 aliphatic carbocycles. The standard InChI is InChI=1S/C31H39N5O.C2H6/c1-21(19-29-22(2)33-16-13-28(29)27-11-12-30(32-4)34-20-27)23(3)36-17-14-25(15-18-36)24-7-9-26(10-8-24)31(37)35(5)6;1-2/h7-13,16,19-20,23,25H,14-15,17-18H2,1-6H3,(H,32,34);1-2H3/b21-19+;. The highest BCUT2D eigenvalue weighted by Crippen LogP contribution is 2.32. The van der Waals surface area contributed by atoms with Crippen LogP contribution in [0, 0.1) is 6.92 Å². The number of rotatable bonds is 7. The predicted octanol–water partition coefficient (Wildman–Crippen LogP) is 6.89. The van der Waals surface area contributed by atoms with Crippen molar-refractivity contribution in [1.82, 2.24) is 19.8 Å². The van der Waals surface area contributed by atoms with Gasteiger partial charge in [-0.3, -0.25) is 14.7 Å². The van der Waals surface area contributed by atoms with Gasteiger partial charge in [-0.25, -0.2) is 4.98 Å². The van der Waals surface area contributed by atoms with Crippen LogP contribution >= 0.6 is 0 Å². The van der Waals surface area contributed by atoms with Gasteiger partial charge in [-0.1, -0.05) is 37.6 Å². The average Bonchev–Trinajstić information content (AvgIpc) is 2.98. The summed E-state index contributed by atoms with van der Waals surface area (Å²) >= 11 is 0. The van der Waals surface area contributed by atoms with E-state index in [0.29, 0.717) is 12.0 Å². The number of hydrogen-bond acceptors (Lipinski definition) is 5. The van der Waals surface area contributed by atoms with Crippen molar-refractivity contribution in [1.29, 1.82) is 0 Å². The summed E-state index contributed by atoms with van der Waals surface area (Å²) in [6, 6.07) is 14.7. The molecule has 1 aliphatic heterocycles. The van der Waals surface area contributed by atoms with Crippen molar-refractivity contribution >= 4 is 17.8 Å². The van der Waals surface area contributed by atoms with E-state index in [2.05, 4.69) is 71.3 Å². The Morgan fingerprint density at radius 1 is 1.05 bits per heavy atom. The number of benzene rings is 1. The second kappa shape index (κ2) is 14.0. The van der Waals surface area contributed by atoms with Crippen LogP contribution < -0.4 is 5.32 Å². The minimum absolute atomic E-state index is 0.0516. The minimum Gasteiger partial charge on any atom is -0.373 e. The number of likely N-dealkylation sites (tertiary alicyclic amines) is 1. The van der Waals surface area contributed by atoms with Gasteiger partial charge < -0.3 is 10.2 Å². The zero-order valence-electron chi connectivity index (χ0n) is 25.0. The molecule has 39 heavy (non-hydrogen) atoms. The molecule has 6 nitrogen and oxygen atoms in total. The van der Waals surface area contributed by atoms with Gasteiger partial charge >= 0.3 is 0 Å². The fraction of sp³-hybridized carbons (Fsp3) is 0.424. The van der Waals surface area contributed by atoms with E-state index in [9.17, 15) is 4.79 Å². The first-order valence-electron chi connectivity index (χ1n) is 14.1. The van der Waals surface area contributed by atoms with E-state index in [1.807, 2.05) is 51.5 Å². The summed E-state index contributed by atoms with van der Waals surface area (Å²) in [5, 5.41) is 3.08. The Labute approximate surface area is 235 Å². The van der Waals surface area contributed by atoms with Gasteiger partial charge in [0.25, 0.3) is 5.91 Å². The fourth-order valence-corrected chi connectivity index (χ4v) is 5.13. The summed E-state index contributed by atoms with van der Waals surface area (Å²) in [6.07, 6.45) is 8.35. The van der Waals surface area contributed by atoms with Gasteiger partial charge in [0.15, 0.2) is 0 Å². The van der Waals surface area contributed by atoms with Crippen molar-refractivity contribution in [2.75, 3.05) is 39.5 Å². The zero-order chi connectivity index (χ0) is 28.5. The molecule has 1 saturated heterocycles. The summed E-state index contributed by atoms with van der Waals surface area (Å²) in [7, 11) is 5.46. The van der Waals surface area contributed by atoms with E-state index in [-0.39, 0.29) is 5.91 Å². The number of pyridine rings is 2. The quantitative estimate of drug-likeness (QED) is 0.362. The SMILES string of the molecule is CC.CNc1ccc(-c2ccnc(C)c2/C=C(\C)C(C)N2CCC(c3ccc(C(=O)N(C)C)cc3)CC2)cn1. The lowest BCUT2D eigenvalue weighted by molar-refractivity contribution is 0.0827. The molecule has 3 aromatic rings. The van der Waals surface area contributed by atoms with Gasteiger partial charge in [0.1, 0.15) is 5.82 Å². The molecule has 6 heteroatoms. The Morgan fingerprint density at radius 3 is 2.28 bits per heavy atom. The van der Waals surface area contributed by atoms with Gasteiger partial charge in [-0.2, -0.15) is 0 Å². The number of aryl methyl sites for hydroxylation is 1. The van der Waals surface area contributed by atoms with Gasteiger partial charge in [0.2, 0.25) is 0 Å². The number of piperidine rings is 1. The number of nitrogens with one attached hydrogen (secondary N) is 1. The van der Waals surface area contributed by atoms with Crippen LogP contribution in [-0.4, -0.2) is 65.9 Å². The summed E-state index contributed by atoms with van der Waals surface area (Å²) in [5.74, 6) is 1.45. The second-order valence-corrected chi connectivity index (χ2v) is 10.2. The molecule has 1 amide bonds. The topological polar surface area (TPSA) is 61.4 Å². The number of amides is 1. The third-order valence-corrected chi connectivity index (χ3v) is 7.66. The van der Waals surface area contributed by atoms with Crippen LogP contribution in [-0.2, 0) is 0 Å². The average molecular weight is 528 g/mol. The first-order valence-corrected chi connectivity index (χ1v) is 14.1. The maximum Gasteiger partial charge on any atom is 0.253 e. The van der Waals surface area contributed by atoms with E-state index < -0.39 is 0 Å². The highest BCUT2D eigenvalue weighted by atomic mass is 16.2. The summed E-state index contributed by atoms with van der Waals surface area (Å²) < 4.78 is 0. The molecule has 3 heterocycles. The maximum atomic E-state index is 12.2. The molecule has 4 rings (SSSR count). The first-order chi connectivity index (χ1) is 18.8. The van der Waals surface area contributed by atoms with Crippen molar-refractivity contribution in [3.8, 4) is 11.1 Å². The van der Waals surface area contributed by atoms with Crippen LogP contribution in [0.25, 0.3) is 17.2 Å². The molecular formula is C33H45N5O. The number of carbonyl (C=O) groups is 1. The van der Waals surface area contributed by atoms with E-state index in [1.54, 1.807) is 19.0 Å². The summed E-state index contributed by atoms with van der Waals surface area (Å²) in [6.45, 7) is 12.7. The monoisotopic (exact) mass is 527 g/mol.